The minimum Gasteiger partial charge on any atom is -0.317 e. The summed E-state index contributed by atoms with van der Waals surface area (Å²) in [6.07, 6.45) is 5.21. The van der Waals surface area contributed by atoms with E-state index in [0.29, 0.717) is 6.04 Å². The summed E-state index contributed by atoms with van der Waals surface area (Å²) < 4.78 is 28.3. The molecule has 3 rings (SSSR count). The molecule has 1 N–H and O–H groups in total. The average molecular weight is 320 g/mol. The number of rotatable bonds is 4. The largest absolute Gasteiger partial charge is 0.317 e. The molecule has 1 unspecified atom stereocenters. The summed E-state index contributed by atoms with van der Waals surface area (Å²) in [5.41, 5.74) is 1.15. The zero-order valence-corrected chi connectivity index (χ0v) is 13.3. The normalized spacial score (nSPS) is 19.0. The van der Waals surface area contributed by atoms with Crippen molar-refractivity contribution in [3.05, 3.63) is 47.8 Å². The molecule has 0 spiro atoms. The maximum Gasteiger partial charge on any atom is 0.151 e. The van der Waals surface area contributed by atoms with Gasteiger partial charge in [0.2, 0.25) is 0 Å². The Bertz CT molecular complexity index is 648. The van der Waals surface area contributed by atoms with Crippen molar-refractivity contribution in [1.29, 1.82) is 0 Å². The molecule has 0 amide bonds. The maximum absolute atomic E-state index is 13.8. The van der Waals surface area contributed by atoms with Crippen LogP contribution in [0.1, 0.15) is 25.0 Å². The van der Waals surface area contributed by atoms with Gasteiger partial charge in [-0.05, 0) is 57.6 Å². The third-order valence-corrected chi connectivity index (χ3v) is 4.38. The van der Waals surface area contributed by atoms with Crippen molar-refractivity contribution >= 4 is 0 Å². The topological polar surface area (TPSA) is 33.1 Å². The van der Waals surface area contributed by atoms with Crippen LogP contribution in [-0.2, 0) is 6.54 Å². The highest BCUT2D eigenvalue weighted by Gasteiger charge is 2.18. The summed E-state index contributed by atoms with van der Waals surface area (Å²) in [7, 11) is 2.10. The van der Waals surface area contributed by atoms with Crippen molar-refractivity contribution < 1.29 is 8.78 Å². The number of nitrogens with zero attached hydrogens (tertiary/aromatic N) is 3. The number of halogens is 2. The summed E-state index contributed by atoms with van der Waals surface area (Å²) in [6.45, 7) is 2.85. The Morgan fingerprint density at radius 1 is 1.26 bits per heavy atom. The fraction of sp³-hybridized carbons (Fsp3) is 0.471. The molecule has 1 aromatic carbocycles. The van der Waals surface area contributed by atoms with Gasteiger partial charge in [-0.3, -0.25) is 4.90 Å². The van der Waals surface area contributed by atoms with Crippen LogP contribution in [0.25, 0.3) is 5.69 Å². The third-order valence-electron chi connectivity index (χ3n) is 4.38. The van der Waals surface area contributed by atoms with Crippen LogP contribution in [0.2, 0.25) is 0 Å². The van der Waals surface area contributed by atoms with Gasteiger partial charge < -0.3 is 5.32 Å². The zero-order chi connectivity index (χ0) is 16.2. The minimum absolute atomic E-state index is 0.263. The first-order chi connectivity index (χ1) is 11.1. The predicted octanol–water partition coefficient (Wildman–Crippen LogP) is 2.72. The van der Waals surface area contributed by atoms with Crippen LogP contribution in [0.5, 0.6) is 0 Å². The molecule has 0 saturated carbocycles. The van der Waals surface area contributed by atoms with Crippen LogP contribution in [0, 0.1) is 11.6 Å². The van der Waals surface area contributed by atoms with Gasteiger partial charge in [0.25, 0.3) is 0 Å². The molecular formula is C17H22F2N4. The summed E-state index contributed by atoms with van der Waals surface area (Å²) in [5.74, 6) is -1.19. The van der Waals surface area contributed by atoms with Crippen molar-refractivity contribution in [2.45, 2.75) is 31.8 Å². The molecule has 23 heavy (non-hydrogen) atoms. The van der Waals surface area contributed by atoms with Gasteiger partial charge in [0.15, 0.2) is 5.82 Å². The van der Waals surface area contributed by atoms with E-state index in [1.165, 1.54) is 29.7 Å². The van der Waals surface area contributed by atoms with Gasteiger partial charge in [-0.25, -0.2) is 13.5 Å². The molecule has 1 aliphatic heterocycles. The Kier molecular flexibility index (Phi) is 5.03. The molecule has 1 aromatic heterocycles. The van der Waals surface area contributed by atoms with Crippen LogP contribution in [0.4, 0.5) is 8.78 Å². The first kappa shape index (κ1) is 16.1. The van der Waals surface area contributed by atoms with Crippen molar-refractivity contribution in [2.24, 2.45) is 0 Å². The van der Waals surface area contributed by atoms with Gasteiger partial charge in [-0.2, -0.15) is 5.10 Å². The van der Waals surface area contributed by atoms with Gasteiger partial charge in [0.05, 0.1) is 5.69 Å². The fourth-order valence-electron chi connectivity index (χ4n) is 3.07. The summed E-state index contributed by atoms with van der Waals surface area (Å²) in [6, 6.07) is 5.94. The smallest absolute Gasteiger partial charge is 0.151 e. The molecule has 0 bridgehead atoms. The van der Waals surface area contributed by atoms with Crippen molar-refractivity contribution in [3.63, 3.8) is 0 Å². The molecule has 2 heterocycles. The van der Waals surface area contributed by atoms with Crippen molar-refractivity contribution in [1.82, 2.24) is 20.0 Å². The number of hydrogen-bond donors (Lipinski definition) is 1. The monoisotopic (exact) mass is 320 g/mol. The van der Waals surface area contributed by atoms with Gasteiger partial charge in [0.1, 0.15) is 11.5 Å². The minimum atomic E-state index is -0.608. The Morgan fingerprint density at radius 2 is 2.13 bits per heavy atom. The standard InChI is InChI=1S/C17H22F2N4/c1-22(15-3-2-8-20-9-6-15)12-14-7-10-23(21-14)17-5-4-13(18)11-16(17)19/h4-5,7,10-11,15,20H,2-3,6,8-9,12H2,1H3. The van der Waals surface area contributed by atoms with Crippen LogP contribution >= 0.6 is 0 Å². The van der Waals surface area contributed by atoms with Crippen LogP contribution in [0.15, 0.2) is 30.5 Å². The Labute approximate surface area is 135 Å². The Hall–Kier alpha value is -1.79. The fourth-order valence-corrected chi connectivity index (χ4v) is 3.07. The van der Waals surface area contributed by atoms with E-state index >= 15 is 0 Å². The summed E-state index contributed by atoms with van der Waals surface area (Å²) in [5, 5.41) is 7.84. The van der Waals surface area contributed by atoms with E-state index in [2.05, 4.69) is 22.4 Å². The van der Waals surface area contributed by atoms with E-state index in [9.17, 15) is 8.78 Å². The molecule has 1 aliphatic rings. The number of nitrogens with one attached hydrogen (secondary N) is 1. The first-order valence-electron chi connectivity index (χ1n) is 8.04. The second-order valence-electron chi connectivity index (χ2n) is 6.10. The highest BCUT2D eigenvalue weighted by atomic mass is 19.1. The van der Waals surface area contributed by atoms with Crippen LogP contribution in [-0.4, -0.2) is 40.9 Å². The molecule has 6 heteroatoms. The van der Waals surface area contributed by atoms with E-state index in [1.54, 1.807) is 6.20 Å². The van der Waals surface area contributed by atoms with E-state index in [1.807, 2.05) is 6.07 Å². The highest BCUT2D eigenvalue weighted by molar-refractivity contribution is 5.33. The second-order valence-corrected chi connectivity index (χ2v) is 6.10. The Morgan fingerprint density at radius 3 is 2.96 bits per heavy atom. The molecule has 1 fully saturated rings. The SMILES string of the molecule is CN(Cc1ccn(-c2ccc(F)cc2F)n1)C1CCCNCC1. The second kappa shape index (κ2) is 7.19. The summed E-state index contributed by atoms with van der Waals surface area (Å²) in [4.78, 5) is 2.31. The number of benzene rings is 1. The van der Waals surface area contributed by atoms with E-state index in [0.717, 1.165) is 37.8 Å². The van der Waals surface area contributed by atoms with Gasteiger partial charge >= 0.3 is 0 Å². The lowest BCUT2D eigenvalue weighted by molar-refractivity contribution is 0.214. The quantitative estimate of drug-likeness (QED) is 0.940. The lowest BCUT2D eigenvalue weighted by Gasteiger charge is -2.25. The lowest BCUT2D eigenvalue weighted by Crippen LogP contribution is -2.32. The van der Waals surface area contributed by atoms with Crippen molar-refractivity contribution in [3.8, 4) is 5.69 Å². The average Bonchev–Trinajstić information content (AvgIpc) is 2.81. The van der Waals surface area contributed by atoms with Crippen LogP contribution < -0.4 is 5.32 Å². The maximum atomic E-state index is 13.8. The van der Waals surface area contributed by atoms with Gasteiger partial charge in [-0.1, -0.05) is 0 Å². The van der Waals surface area contributed by atoms with E-state index in [4.69, 9.17) is 0 Å². The Balaban J connectivity index is 1.69. The molecule has 2 aromatic rings. The van der Waals surface area contributed by atoms with Gasteiger partial charge in [0, 0.05) is 24.8 Å². The third kappa shape index (κ3) is 3.95. The summed E-state index contributed by atoms with van der Waals surface area (Å²) >= 11 is 0. The molecule has 0 radical (unpaired) electrons. The van der Waals surface area contributed by atoms with E-state index in [-0.39, 0.29) is 5.69 Å². The van der Waals surface area contributed by atoms with Gasteiger partial charge in [-0.15, -0.1) is 0 Å². The molecular weight excluding hydrogens is 298 g/mol. The van der Waals surface area contributed by atoms with E-state index < -0.39 is 11.6 Å². The molecule has 1 atom stereocenters. The molecule has 0 aliphatic carbocycles. The lowest BCUT2D eigenvalue weighted by atomic mass is 10.1. The molecule has 124 valence electrons. The zero-order valence-electron chi connectivity index (χ0n) is 13.3. The van der Waals surface area contributed by atoms with Crippen molar-refractivity contribution in [2.75, 3.05) is 20.1 Å². The predicted molar refractivity (Wildman–Crippen MR) is 85.5 cm³/mol. The molecule has 1 saturated heterocycles. The molecule has 4 nitrogen and oxygen atoms in total. The number of hydrogen-bond acceptors (Lipinski definition) is 3. The first-order valence-corrected chi connectivity index (χ1v) is 8.04. The highest BCUT2D eigenvalue weighted by Crippen LogP contribution is 2.17. The number of aromatic nitrogens is 2. The van der Waals surface area contributed by atoms with Crippen LogP contribution in [0.3, 0.4) is 0 Å².